The number of hydrogen-bond acceptors (Lipinski definition) is 6. The second-order valence-corrected chi connectivity index (χ2v) is 9.73. The molecule has 1 N–H and O–H groups in total. The van der Waals surface area contributed by atoms with Crippen LogP contribution in [0.2, 0.25) is 0 Å². The highest BCUT2D eigenvalue weighted by Crippen LogP contribution is 2.25. The zero-order valence-electron chi connectivity index (χ0n) is 18.9. The molecule has 0 atom stereocenters. The van der Waals surface area contributed by atoms with Crippen LogP contribution in [-0.2, 0) is 12.2 Å². The summed E-state index contributed by atoms with van der Waals surface area (Å²) < 4.78 is 3.41. The highest BCUT2D eigenvalue weighted by molar-refractivity contribution is 7.98. The molecule has 1 aliphatic rings. The molecule has 0 spiro atoms. The van der Waals surface area contributed by atoms with Gasteiger partial charge in [-0.2, -0.15) is 4.52 Å². The average molecular weight is 473 g/mol. The molecule has 5 aromatic rings. The Morgan fingerprint density at radius 1 is 0.971 bits per heavy atom. The van der Waals surface area contributed by atoms with Crippen LogP contribution in [-0.4, -0.2) is 48.6 Å². The summed E-state index contributed by atoms with van der Waals surface area (Å²) in [5, 5.41) is 6.60. The van der Waals surface area contributed by atoms with Crippen molar-refractivity contribution >= 4 is 34.0 Å². The first kappa shape index (κ1) is 21.2. The van der Waals surface area contributed by atoms with Crippen LogP contribution in [0.25, 0.3) is 22.2 Å². The summed E-state index contributed by atoms with van der Waals surface area (Å²) in [4.78, 5) is 28.6. The average Bonchev–Trinajstić information content (AvgIpc) is 3.32. The van der Waals surface area contributed by atoms with E-state index in [1.54, 1.807) is 21.6 Å². The van der Waals surface area contributed by atoms with Gasteiger partial charge in [0.05, 0.1) is 37.3 Å². The minimum absolute atomic E-state index is 0.0823. The maximum Gasteiger partial charge on any atom is 0.258 e. The Balaban J connectivity index is 1.32. The topological polar surface area (TPSA) is 81.9 Å². The molecule has 172 valence electrons. The van der Waals surface area contributed by atoms with Gasteiger partial charge in [-0.25, -0.2) is 15.0 Å². The molecule has 8 nitrogen and oxygen atoms in total. The zero-order valence-corrected chi connectivity index (χ0v) is 19.7. The Kier molecular flexibility index (Phi) is 5.72. The van der Waals surface area contributed by atoms with Gasteiger partial charge < -0.3 is 4.90 Å². The summed E-state index contributed by atoms with van der Waals surface area (Å²) >= 11 is 1.53. The SMILES string of the molecule is O=c1cc(CSc2nc3ccccc3c3nc(CC[NH+]4CCCCC4)nn23)nc2ccccn12. The standard InChI is InChI=1S/C25H25N7OS/c33-23-16-18(26-22-10-4-7-14-31(22)23)17-34-25-27-20-9-3-2-8-19(20)24-28-21(29-32(24)25)11-15-30-12-5-1-6-13-30/h2-4,7-10,14,16H,1,5-6,11-13,15,17H2/p+1. The van der Waals surface area contributed by atoms with E-state index in [-0.39, 0.29) is 5.56 Å². The van der Waals surface area contributed by atoms with Crippen LogP contribution in [0.4, 0.5) is 0 Å². The highest BCUT2D eigenvalue weighted by Gasteiger charge is 2.17. The van der Waals surface area contributed by atoms with Crippen molar-refractivity contribution in [3.63, 3.8) is 0 Å². The second-order valence-electron chi connectivity index (χ2n) is 8.79. The monoisotopic (exact) mass is 472 g/mol. The van der Waals surface area contributed by atoms with Gasteiger partial charge in [0.15, 0.2) is 16.6 Å². The van der Waals surface area contributed by atoms with Crippen molar-refractivity contribution in [3.8, 4) is 0 Å². The quantitative estimate of drug-likeness (QED) is 0.301. The lowest BCUT2D eigenvalue weighted by molar-refractivity contribution is -0.904. The Bertz CT molecular complexity index is 1540. The van der Waals surface area contributed by atoms with Crippen molar-refractivity contribution in [1.82, 2.24) is 29.0 Å². The summed E-state index contributed by atoms with van der Waals surface area (Å²) in [7, 11) is 0. The Morgan fingerprint density at radius 2 is 1.82 bits per heavy atom. The van der Waals surface area contributed by atoms with Gasteiger partial charge in [0, 0.05) is 23.4 Å². The summed E-state index contributed by atoms with van der Waals surface area (Å²) in [5.41, 5.74) is 3.01. The van der Waals surface area contributed by atoms with Gasteiger partial charge in [-0.15, -0.1) is 5.10 Å². The molecule has 0 amide bonds. The fourth-order valence-electron chi connectivity index (χ4n) is 4.68. The molecule has 0 radical (unpaired) electrons. The highest BCUT2D eigenvalue weighted by atomic mass is 32.2. The first-order chi connectivity index (χ1) is 16.7. The molecule has 1 saturated heterocycles. The first-order valence-electron chi connectivity index (χ1n) is 11.8. The maximum absolute atomic E-state index is 12.5. The van der Waals surface area contributed by atoms with Gasteiger partial charge in [-0.05, 0) is 43.5 Å². The third-order valence-electron chi connectivity index (χ3n) is 6.43. The fraction of sp³-hybridized carbons (Fsp3) is 0.320. The van der Waals surface area contributed by atoms with E-state index < -0.39 is 0 Å². The molecule has 1 aliphatic heterocycles. The molecule has 6 rings (SSSR count). The maximum atomic E-state index is 12.5. The smallest absolute Gasteiger partial charge is 0.258 e. The number of benzene rings is 1. The van der Waals surface area contributed by atoms with Crippen molar-refractivity contribution in [2.24, 2.45) is 0 Å². The van der Waals surface area contributed by atoms with E-state index >= 15 is 0 Å². The zero-order chi connectivity index (χ0) is 22.9. The first-order valence-corrected chi connectivity index (χ1v) is 12.8. The van der Waals surface area contributed by atoms with Crippen LogP contribution >= 0.6 is 11.8 Å². The summed E-state index contributed by atoms with van der Waals surface area (Å²) in [6.07, 6.45) is 6.58. The number of rotatable bonds is 6. The number of piperidine rings is 1. The van der Waals surface area contributed by atoms with Gasteiger partial charge in [-0.3, -0.25) is 9.20 Å². The minimum atomic E-state index is -0.0823. The lowest BCUT2D eigenvalue weighted by atomic mass is 10.1. The van der Waals surface area contributed by atoms with E-state index in [1.807, 2.05) is 47.0 Å². The van der Waals surface area contributed by atoms with Crippen LogP contribution in [0, 0.1) is 0 Å². The molecular weight excluding hydrogens is 446 g/mol. The lowest BCUT2D eigenvalue weighted by Gasteiger charge is -2.22. The minimum Gasteiger partial charge on any atom is -0.335 e. The van der Waals surface area contributed by atoms with Crippen LogP contribution < -0.4 is 10.5 Å². The largest absolute Gasteiger partial charge is 0.335 e. The number of fused-ring (bicyclic) bond motifs is 4. The van der Waals surface area contributed by atoms with E-state index in [9.17, 15) is 4.79 Å². The molecule has 0 saturated carbocycles. The summed E-state index contributed by atoms with van der Waals surface area (Å²) in [5.74, 6) is 1.38. The van der Waals surface area contributed by atoms with Crippen molar-refractivity contribution < 1.29 is 4.90 Å². The van der Waals surface area contributed by atoms with E-state index in [4.69, 9.17) is 15.1 Å². The number of thioether (sulfide) groups is 1. The lowest BCUT2D eigenvalue weighted by Crippen LogP contribution is -3.13. The Morgan fingerprint density at radius 3 is 2.74 bits per heavy atom. The molecular formula is C25H26N7OS+. The van der Waals surface area contributed by atoms with Crippen LogP contribution in [0.15, 0.2) is 64.7 Å². The van der Waals surface area contributed by atoms with Crippen LogP contribution in [0.5, 0.6) is 0 Å². The van der Waals surface area contributed by atoms with Gasteiger partial charge in [0.25, 0.3) is 5.56 Å². The molecule has 1 fully saturated rings. The number of nitrogens with zero attached hydrogens (tertiary/aromatic N) is 6. The molecule has 9 heteroatoms. The fourth-order valence-corrected chi connectivity index (χ4v) is 5.52. The molecule has 0 unspecified atom stereocenters. The normalized spacial score (nSPS) is 14.9. The number of aromatic nitrogens is 6. The number of quaternary nitrogens is 1. The van der Waals surface area contributed by atoms with Gasteiger partial charge in [0.1, 0.15) is 5.65 Å². The molecule has 0 aliphatic carbocycles. The second kappa shape index (κ2) is 9.15. The third kappa shape index (κ3) is 4.17. The van der Waals surface area contributed by atoms with Crippen LogP contribution in [0.1, 0.15) is 30.8 Å². The number of nitrogens with one attached hydrogen (secondary N) is 1. The number of likely N-dealkylation sites (tertiary alicyclic amines) is 1. The van der Waals surface area contributed by atoms with E-state index in [0.717, 1.165) is 46.2 Å². The predicted molar refractivity (Wildman–Crippen MR) is 132 cm³/mol. The van der Waals surface area contributed by atoms with E-state index in [1.165, 1.54) is 44.1 Å². The molecule has 34 heavy (non-hydrogen) atoms. The molecule has 4 aromatic heterocycles. The Labute approximate surface area is 200 Å². The van der Waals surface area contributed by atoms with Crippen molar-refractivity contribution in [2.45, 2.75) is 36.6 Å². The molecule has 0 bridgehead atoms. The van der Waals surface area contributed by atoms with E-state index in [0.29, 0.717) is 11.4 Å². The van der Waals surface area contributed by atoms with Gasteiger partial charge >= 0.3 is 0 Å². The van der Waals surface area contributed by atoms with Crippen molar-refractivity contribution in [1.29, 1.82) is 0 Å². The van der Waals surface area contributed by atoms with Crippen molar-refractivity contribution in [2.75, 3.05) is 19.6 Å². The number of hydrogen-bond donors (Lipinski definition) is 1. The van der Waals surface area contributed by atoms with Gasteiger partial charge in [0.2, 0.25) is 0 Å². The van der Waals surface area contributed by atoms with Crippen LogP contribution in [0.3, 0.4) is 0 Å². The molecule has 5 heterocycles. The summed E-state index contributed by atoms with van der Waals surface area (Å²) in [6, 6.07) is 15.2. The number of pyridine rings is 1. The van der Waals surface area contributed by atoms with Crippen molar-refractivity contribution in [3.05, 3.63) is 76.6 Å². The third-order valence-corrected chi connectivity index (χ3v) is 7.39. The van der Waals surface area contributed by atoms with Gasteiger partial charge in [-0.1, -0.05) is 30.0 Å². The summed E-state index contributed by atoms with van der Waals surface area (Å²) in [6.45, 7) is 3.56. The predicted octanol–water partition coefficient (Wildman–Crippen LogP) is 2.19. The Hall–Kier alpha value is -3.30. The molecule has 1 aromatic carbocycles. The van der Waals surface area contributed by atoms with E-state index in [2.05, 4.69) is 4.98 Å². The number of para-hydroxylation sites is 1.